The van der Waals surface area contributed by atoms with E-state index < -0.39 is 0 Å². The number of nitrogens with zero attached hydrogens (tertiary/aromatic N) is 5. The van der Waals surface area contributed by atoms with Gasteiger partial charge in [0.05, 0.1) is 22.8 Å². The summed E-state index contributed by atoms with van der Waals surface area (Å²) < 4.78 is 1.89. The number of pyridine rings is 1. The molecule has 2 aromatic carbocycles. The van der Waals surface area contributed by atoms with Gasteiger partial charge in [-0.05, 0) is 48.9 Å². The summed E-state index contributed by atoms with van der Waals surface area (Å²) in [6.07, 6.45) is 3.38. The van der Waals surface area contributed by atoms with Gasteiger partial charge in [-0.15, -0.1) is 10.2 Å². The number of halogens is 1. The lowest BCUT2D eigenvalue weighted by molar-refractivity contribution is -0.120. The van der Waals surface area contributed by atoms with Gasteiger partial charge in [0.15, 0.2) is 11.0 Å². The van der Waals surface area contributed by atoms with Crippen molar-refractivity contribution in [3.63, 3.8) is 0 Å². The highest BCUT2D eigenvalue weighted by Crippen LogP contribution is 2.33. The molecule has 2 aromatic heterocycles. The summed E-state index contributed by atoms with van der Waals surface area (Å²) in [4.78, 5) is 30.9. The monoisotopic (exact) mass is 490 g/mol. The van der Waals surface area contributed by atoms with Crippen molar-refractivity contribution in [1.82, 2.24) is 19.7 Å². The van der Waals surface area contributed by atoms with E-state index in [1.165, 1.54) is 16.7 Å². The predicted octanol–water partition coefficient (Wildman–Crippen LogP) is 4.37. The molecule has 1 N–H and O–H groups in total. The first-order chi connectivity index (χ1) is 16.5. The van der Waals surface area contributed by atoms with E-state index in [9.17, 15) is 9.59 Å². The molecular formula is C24H19ClN6O2S. The molecule has 0 fully saturated rings. The maximum Gasteiger partial charge on any atom is 0.244 e. The Morgan fingerprint density at radius 3 is 2.65 bits per heavy atom. The van der Waals surface area contributed by atoms with Crippen LogP contribution >= 0.6 is 23.4 Å². The normalized spacial score (nSPS) is 12.9. The van der Waals surface area contributed by atoms with Crippen molar-refractivity contribution in [2.45, 2.75) is 12.1 Å². The molecule has 0 unspecified atom stereocenters. The van der Waals surface area contributed by atoms with E-state index in [0.29, 0.717) is 27.4 Å². The van der Waals surface area contributed by atoms with Crippen molar-refractivity contribution in [2.75, 3.05) is 22.5 Å². The minimum Gasteiger partial charge on any atom is -0.323 e. The van der Waals surface area contributed by atoms with E-state index >= 15 is 0 Å². The van der Waals surface area contributed by atoms with Crippen molar-refractivity contribution in [3.05, 3.63) is 77.6 Å². The molecule has 1 aliphatic rings. The van der Waals surface area contributed by atoms with E-state index in [1.54, 1.807) is 18.5 Å². The quantitative estimate of drug-likeness (QED) is 0.417. The Balaban J connectivity index is 1.48. The number of nitrogens with one attached hydrogen (secondary N) is 1. The first kappa shape index (κ1) is 22.1. The molecule has 4 aromatic rings. The van der Waals surface area contributed by atoms with Gasteiger partial charge in [0.1, 0.15) is 6.54 Å². The van der Waals surface area contributed by atoms with Crippen LogP contribution in [0, 0.1) is 6.92 Å². The largest absolute Gasteiger partial charge is 0.323 e. The number of carbonyl (C=O) groups excluding carboxylic acids is 2. The number of benzene rings is 2. The Labute approximate surface area is 205 Å². The first-order valence-electron chi connectivity index (χ1n) is 10.5. The number of fused-ring (bicyclic) bond motifs is 1. The molecule has 0 bridgehead atoms. The van der Waals surface area contributed by atoms with Gasteiger partial charge >= 0.3 is 0 Å². The van der Waals surface area contributed by atoms with Crippen LogP contribution < -0.4 is 10.2 Å². The molecule has 2 amide bonds. The van der Waals surface area contributed by atoms with Crippen molar-refractivity contribution in [2.24, 2.45) is 0 Å². The highest BCUT2D eigenvalue weighted by Gasteiger charge is 2.27. The highest BCUT2D eigenvalue weighted by molar-refractivity contribution is 7.99. The van der Waals surface area contributed by atoms with Crippen LogP contribution in [0.25, 0.3) is 17.1 Å². The van der Waals surface area contributed by atoms with E-state index in [1.807, 2.05) is 60.0 Å². The van der Waals surface area contributed by atoms with Crippen LogP contribution in [-0.4, -0.2) is 43.9 Å². The average molecular weight is 491 g/mol. The molecule has 0 saturated carbocycles. The summed E-state index contributed by atoms with van der Waals surface area (Å²) in [5.41, 5.74) is 3.82. The van der Waals surface area contributed by atoms with Gasteiger partial charge in [0.25, 0.3) is 0 Å². The molecule has 0 atom stereocenters. The Morgan fingerprint density at radius 1 is 1.06 bits per heavy atom. The lowest BCUT2D eigenvalue weighted by Gasteiger charge is -2.29. The molecule has 0 saturated heterocycles. The number of hydrogen-bond donors (Lipinski definition) is 1. The van der Waals surface area contributed by atoms with Crippen LogP contribution in [0.5, 0.6) is 0 Å². The zero-order valence-electron chi connectivity index (χ0n) is 18.1. The summed E-state index contributed by atoms with van der Waals surface area (Å²) >= 11 is 7.66. The molecule has 170 valence electrons. The topological polar surface area (TPSA) is 93.0 Å². The number of aromatic nitrogens is 4. The van der Waals surface area contributed by atoms with Gasteiger partial charge in [-0.25, -0.2) is 0 Å². The highest BCUT2D eigenvalue weighted by atomic mass is 35.5. The maximum absolute atomic E-state index is 13.2. The lowest BCUT2D eigenvalue weighted by Crippen LogP contribution is -2.43. The van der Waals surface area contributed by atoms with Gasteiger partial charge in [-0.2, -0.15) is 0 Å². The Morgan fingerprint density at radius 2 is 1.82 bits per heavy atom. The molecule has 5 rings (SSSR count). The number of amides is 2. The van der Waals surface area contributed by atoms with Crippen LogP contribution in [0.3, 0.4) is 0 Å². The van der Waals surface area contributed by atoms with Gasteiger partial charge < -0.3 is 10.2 Å². The third-order valence-electron chi connectivity index (χ3n) is 5.45. The maximum atomic E-state index is 13.2. The van der Waals surface area contributed by atoms with Crippen LogP contribution in [0.15, 0.2) is 72.1 Å². The van der Waals surface area contributed by atoms with E-state index in [-0.39, 0.29) is 24.1 Å². The number of para-hydroxylation sites is 2. The number of carbonyl (C=O) groups is 2. The molecule has 0 aliphatic carbocycles. The molecule has 0 radical (unpaired) electrons. The number of hydrogen-bond acceptors (Lipinski definition) is 6. The fourth-order valence-corrected chi connectivity index (χ4v) is 4.76. The number of anilines is 2. The second-order valence-electron chi connectivity index (χ2n) is 7.60. The van der Waals surface area contributed by atoms with Gasteiger partial charge in [0, 0.05) is 23.0 Å². The summed E-state index contributed by atoms with van der Waals surface area (Å²) in [5, 5.41) is 12.7. The first-order valence-corrected chi connectivity index (χ1v) is 11.8. The Kier molecular flexibility index (Phi) is 6.04. The summed E-state index contributed by atoms with van der Waals surface area (Å²) in [6, 6.07) is 16.6. The minimum absolute atomic E-state index is 0.0290. The van der Waals surface area contributed by atoms with E-state index in [2.05, 4.69) is 20.5 Å². The third kappa shape index (κ3) is 4.15. The average Bonchev–Trinajstić information content (AvgIpc) is 3.28. The molecule has 1 aliphatic heterocycles. The second kappa shape index (κ2) is 9.28. The van der Waals surface area contributed by atoms with Gasteiger partial charge in [-0.1, -0.05) is 41.6 Å². The standard InChI is InChI=1S/C24H19ClN6O2S/c1-15-17(25)5-4-8-19(15)31-23(16-9-11-26-12-10-16)28-29-24(31)34-14-22(33)30-13-21(32)27-18-6-2-3-7-20(18)30/h2-12H,13-14H2,1H3,(H,27,32). The molecular weight excluding hydrogens is 472 g/mol. The van der Waals surface area contributed by atoms with E-state index in [4.69, 9.17) is 11.6 Å². The fraction of sp³-hybridized carbons (Fsp3) is 0.125. The van der Waals surface area contributed by atoms with Crippen LogP contribution in [0.2, 0.25) is 5.02 Å². The van der Waals surface area contributed by atoms with E-state index in [0.717, 1.165) is 16.8 Å². The fourth-order valence-electron chi connectivity index (χ4n) is 3.77. The Bertz CT molecular complexity index is 1390. The SMILES string of the molecule is Cc1c(Cl)cccc1-n1c(SCC(=O)N2CC(=O)Nc3ccccc32)nnc1-c1ccncc1. The second-order valence-corrected chi connectivity index (χ2v) is 8.95. The third-order valence-corrected chi connectivity index (χ3v) is 6.77. The number of thioether (sulfide) groups is 1. The molecule has 34 heavy (non-hydrogen) atoms. The molecule has 10 heteroatoms. The summed E-state index contributed by atoms with van der Waals surface area (Å²) in [6.45, 7) is 1.90. The van der Waals surface area contributed by atoms with Crippen LogP contribution in [-0.2, 0) is 9.59 Å². The summed E-state index contributed by atoms with van der Waals surface area (Å²) in [7, 11) is 0. The smallest absolute Gasteiger partial charge is 0.244 e. The van der Waals surface area contributed by atoms with Crippen molar-refractivity contribution >= 4 is 46.6 Å². The predicted molar refractivity (Wildman–Crippen MR) is 132 cm³/mol. The molecule has 0 spiro atoms. The zero-order chi connectivity index (χ0) is 23.7. The van der Waals surface area contributed by atoms with Crippen LogP contribution in [0.4, 0.5) is 11.4 Å². The van der Waals surface area contributed by atoms with Gasteiger partial charge in [-0.3, -0.25) is 19.1 Å². The molecule has 8 nitrogen and oxygen atoms in total. The summed E-state index contributed by atoms with van der Waals surface area (Å²) in [5.74, 6) is 0.269. The minimum atomic E-state index is -0.227. The Hall–Kier alpha value is -3.69. The van der Waals surface area contributed by atoms with Gasteiger partial charge in [0.2, 0.25) is 11.8 Å². The number of rotatable bonds is 5. The zero-order valence-corrected chi connectivity index (χ0v) is 19.7. The van der Waals surface area contributed by atoms with Crippen molar-refractivity contribution < 1.29 is 9.59 Å². The van der Waals surface area contributed by atoms with Crippen LogP contribution in [0.1, 0.15) is 5.56 Å². The van der Waals surface area contributed by atoms with Crippen molar-refractivity contribution in [1.29, 1.82) is 0 Å². The lowest BCUT2D eigenvalue weighted by atomic mass is 10.2. The molecule has 3 heterocycles. The van der Waals surface area contributed by atoms with Crippen molar-refractivity contribution in [3.8, 4) is 17.1 Å².